The Morgan fingerprint density at radius 1 is 1.41 bits per heavy atom. The van der Waals surface area contributed by atoms with Crippen molar-refractivity contribution in [3.63, 3.8) is 0 Å². The molecular weight excluding hydrogens is 237 g/mol. The Morgan fingerprint density at radius 2 is 2.24 bits per heavy atom. The summed E-state index contributed by atoms with van der Waals surface area (Å²) in [5, 5.41) is 3.34. The number of fused-ring (bicyclic) bond motifs is 1. The van der Waals surface area contributed by atoms with Crippen molar-refractivity contribution in [2.75, 3.05) is 17.7 Å². The number of anilines is 1. The summed E-state index contributed by atoms with van der Waals surface area (Å²) in [5.41, 5.74) is 2.42. The van der Waals surface area contributed by atoms with Crippen molar-refractivity contribution in [1.82, 2.24) is 0 Å². The highest BCUT2D eigenvalue weighted by molar-refractivity contribution is 6.17. The summed E-state index contributed by atoms with van der Waals surface area (Å²) in [6, 6.07) is 5.11. The first kappa shape index (κ1) is 12.7. The third kappa shape index (κ3) is 2.42. The molecule has 1 heterocycles. The first-order valence-corrected chi connectivity index (χ1v) is 6.85. The maximum atomic E-state index is 13.2. The van der Waals surface area contributed by atoms with Gasteiger partial charge in [0.25, 0.3) is 0 Å². The maximum absolute atomic E-state index is 13.2. The van der Waals surface area contributed by atoms with Gasteiger partial charge in [0, 0.05) is 23.5 Å². The van der Waals surface area contributed by atoms with Crippen LogP contribution in [-0.4, -0.2) is 12.4 Å². The number of hydrogen-bond acceptors (Lipinski definition) is 1. The Kier molecular flexibility index (Phi) is 3.93. The average Bonchev–Trinajstić information content (AvgIpc) is 2.68. The Hall–Kier alpha value is -0.760. The molecule has 2 rings (SSSR count). The summed E-state index contributed by atoms with van der Waals surface area (Å²) >= 11 is 5.73. The normalized spacial score (nSPS) is 22.3. The van der Waals surface area contributed by atoms with E-state index < -0.39 is 0 Å². The second-order valence-corrected chi connectivity index (χ2v) is 5.20. The summed E-state index contributed by atoms with van der Waals surface area (Å²) in [6.07, 6.45) is 4.40. The van der Waals surface area contributed by atoms with Crippen molar-refractivity contribution >= 4 is 17.3 Å². The van der Waals surface area contributed by atoms with Crippen LogP contribution in [-0.2, 0) is 5.41 Å². The van der Waals surface area contributed by atoms with Gasteiger partial charge in [0.2, 0.25) is 0 Å². The van der Waals surface area contributed by atoms with Crippen molar-refractivity contribution in [3.05, 3.63) is 29.6 Å². The zero-order chi connectivity index (χ0) is 12.3. The predicted molar refractivity (Wildman–Crippen MR) is 71.4 cm³/mol. The number of nitrogens with one attached hydrogen (secondary N) is 1. The zero-order valence-corrected chi connectivity index (χ0v) is 11.0. The fourth-order valence-electron chi connectivity index (χ4n) is 2.76. The summed E-state index contributed by atoms with van der Waals surface area (Å²) in [4.78, 5) is 0. The minimum absolute atomic E-state index is 0.163. The van der Waals surface area contributed by atoms with Gasteiger partial charge in [0.1, 0.15) is 5.82 Å². The molecule has 0 amide bonds. The highest BCUT2D eigenvalue weighted by Gasteiger charge is 2.36. The SMILES string of the molecule is CCC1(CCCCCl)CNc2cc(F)ccc21. The van der Waals surface area contributed by atoms with Crippen molar-refractivity contribution in [2.45, 2.75) is 38.0 Å². The van der Waals surface area contributed by atoms with E-state index in [1.54, 1.807) is 12.1 Å². The van der Waals surface area contributed by atoms with Gasteiger partial charge in [-0.2, -0.15) is 0 Å². The van der Waals surface area contributed by atoms with Crippen molar-refractivity contribution in [2.24, 2.45) is 0 Å². The van der Waals surface area contributed by atoms with Gasteiger partial charge in [0.15, 0.2) is 0 Å². The number of halogens is 2. The topological polar surface area (TPSA) is 12.0 Å². The molecule has 1 unspecified atom stereocenters. The van der Waals surface area contributed by atoms with Crippen LogP contribution < -0.4 is 5.32 Å². The smallest absolute Gasteiger partial charge is 0.125 e. The van der Waals surface area contributed by atoms with Gasteiger partial charge in [-0.1, -0.05) is 19.4 Å². The lowest BCUT2D eigenvalue weighted by molar-refractivity contribution is 0.402. The fraction of sp³-hybridized carbons (Fsp3) is 0.571. The molecule has 17 heavy (non-hydrogen) atoms. The predicted octanol–water partition coefficient (Wildman–Crippen LogP) is 4.31. The molecule has 1 aliphatic heterocycles. The third-order valence-electron chi connectivity index (χ3n) is 3.89. The lowest BCUT2D eigenvalue weighted by atomic mass is 9.76. The molecule has 0 bridgehead atoms. The number of unbranched alkanes of at least 4 members (excludes halogenated alkanes) is 1. The van der Waals surface area contributed by atoms with E-state index in [-0.39, 0.29) is 11.2 Å². The summed E-state index contributed by atoms with van der Waals surface area (Å²) < 4.78 is 13.2. The van der Waals surface area contributed by atoms with Crippen LogP contribution in [0, 0.1) is 5.82 Å². The van der Waals surface area contributed by atoms with Crippen LogP contribution in [0.25, 0.3) is 0 Å². The minimum Gasteiger partial charge on any atom is -0.384 e. The van der Waals surface area contributed by atoms with E-state index in [1.807, 2.05) is 6.07 Å². The minimum atomic E-state index is -0.163. The molecule has 0 radical (unpaired) electrons. The molecule has 1 nitrogen and oxygen atoms in total. The molecule has 1 aliphatic rings. The zero-order valence-electron chi connectivity index (χ0n) is 10.2. The van der Waals surface area contributed by atoms with Gasteiger partial charge < -0.3 is 5.32 Å². The van der Waals surface area contributed by atoms with Gasteiger partial charge in [-0.05, 0) is 37.0 Å². The molecule has 0 aliphatic carbocycles. The second kappa shape index (κ2) is 5.26. The van der Waals surface area contributed by atoms with Crippen molar-refractivity contribution < 1.29 is 4.39 Å². The van der Waals surface area contributed by atoms with E-state index in [0.29, 0.717) is 0 Å². The lowest BCUT2D eigenvalue weighted by Gasteiger charge is -2.28. The highest BCUT2D eigenvalue weighted by Crippen LogP contribution is 2.42. The van der Waals surface area contributed by atoms with Crippen molar-refractivity contribution in [3.8, 4) is 0 Å². The van der Waals surface area contributed by atoms with E-state index in [9.17, 15) is 4.39 Å². The highest BCUT2D eigenvalue weighted by atomic mass is 35.5. The van der Waals surface area contributed by atoms with Crippen molar-refractivity contribution in [1.29, 1.82) is 0 Å². The third-order valence-corrected chi connectivity index (χ3v) is 4.15. The van der Waals surface area contributed by atoms with Crippen LogP contribution in [0.5, 0.6) is 0 Å². The quantitative estimate of drug-likeness (QED) is 0.611. The molecule has 3 heteroatoms. The molecular formula is C14H19ClFN. The van der Waals surface area contributed by atoms with Crippen LogP contribution in [0.15, 0.2) is 18.2 Å². The Labute approximate surface area is 107 Å². The van der Waals surface area contributed by atoms with E-state index in [4.69, 9.17) is 11.6 Å². The summed E-state index contributed by atoms with van der Waals surface area (Å²) in [6.45, 7) is 3.13. The van der Waals surface area contributed by atoms with Crippen LogP contribution in [0.2, 0.25) is 0 Å². The molecule has 0 aromatic heterocycles. The Bertz CT molecular complexity index is 394. The van der Waals surface area contributed by atoms with E-state index >= 15 is 0 Å². The number of alkyl halides is 1. The monoisotopic (exact) mass is 255 g/mol. The molecule has 0 saturated heterocycles. The van der Waals surface area contributed by atoms with Gasteiger partial charge in [-0.3, -0.25) is 0 Å². The Balaban J connectivity index is 2.21. The number of rotatable bonds is 5. The molecule has 94 valence electrons. The molecule has 1 aromatic rings. The maximum Gasteiger partial charge on any atom is 0.125 e. The van der Waals surface area contributed by atoms with Crippen LogP contribution in [0.1, 0.15) is 38.2 Å². The number of benzene rings is 1. The molecule has 0 spiro atoms. The van der Waals surface area contributed by atoms with Gasteiger partial charge in [0.05, 0.1) is 0 Å². The van der Waals surface area contributed by atoms with Crippen LogP contribution in [0.4, 0.5) is 10.1 Å². The van der Waals surface area contributed by atoms with E-state index in [0.717, 1.165) is 43.8 Å². The first-order valence-electron chi connectivity index (χ1n) is 6.32. The molecule has 1 aromatic carbocycles. The van der Waals surface area contributed by atoms with E-state index in [1.165, 1.54) is 5.56 Å². The molecule has 0 saturated carbocycles. The average molecular weight is 256 g/mol. The van der Waals surface area contributed by atoms with Gasteiger partial charge in [-0.25, -0.2) is 4.39 Å². The molecule has 0 fully saturated rings. The summed E-state index contributed by atoms with van der Waals surface area (Å²) in [7, 11) is 0. The van der Waals surface area contributed by atoms with Gasteiger partial charge in [-0.15, -0.1) is 11.6 Å². The second-order valence-electron chi connectivity index (χ2n) is 4.82. The standard InChI is InChI=1S/C14H19ClFN/c1-2-14(7-3-4-8-15)10-17-13-9-11(16)5-6-12(13)14/h5-6,9,17H,2-4,7-8,10H2,1H3. The molecule has 1 N–H and O–H groups in total. The van der Waals surface area contributed by atoms with E-state index in [2.05, 4.69) is 12.2 Å². The first-order chi connectivity index (χ1) is 8.22. The van der Waals surface area contributed by atoms with Crippen LogP contribution >= 0.6 is 11.6 Å². The van der Waals surface area contributed by atoms with Gasteiger partial charge >= 0.3 is 0 Å². The fourth-order valence-corrected chi connectivity index (χ4v) is 2.95. The largest absolute Gasteiger partial charge is 0.384 e. The summed E-state index contributed by atoms with van der Waals surface area (Å²) in [5.74, 6) is 0.563. The lowest BCUT2D eigenvalue weighted by Crippen LogP contribution is -2.27. The van der Waals surface area contributed by atoms with Crippen LogP contribution in [0.3, 0.4) is 0 Å². The number of hydrogen-bond donors (Lipinski definition) is 1. The molecule has 1 atom stereocenters. The Morgan fingerprint density at radius 3 is 2.94 bits per heavy atom.